The van der Waals surface area contributed by atoms with Gasteiger partial charge in [0.05, 0.1) is 4.90 Å². The van der Waals surface area contributed by atoms with Crippen molar-refractivity contribution in [3.05, 3.63) is 120 Å². The van der Waals surface area contributed by atoms with E-state index in [9.17, 15) is 13.2 Å². The third kappa shape index (κ3) is 8.07. The van der Waals surface area contributed by atoms with Gasteiger partial charge in [-0.25, -0.2) is 23.3 Å². The molecule has 0 aliphatic rings. The number of rotatable bonds is 9. The first-order valence-corrected chi connectivity index (χ1v) is 14.9. The van der Waals surface area contributed by atoms with Crippen molar-refractivity contribution >= 4 is 44.8 Å². The van der Waals surface area contributed by atoms with Gasteiger partial charge in [0.2, 0.25) is 10.0 Å². The molecule has 0 aromatic heterocycles. The average Bonchev–Trinajstić information content (AvgIpc) is 2.97. The fourth-order valence-electron chi connectivity index (χ4n) is 4.22. The van der Waals surface area contributed by atoms with Crippen LogP contribution in [0.1, 0.15) is 30.0 Å². The zero-order chi connectivity index (χ0) is 29.4. The summed E-state index contributed by atoms with van der Waals surface area (Å²) < 4.78 is 24.1. The molecule has 0 bridgehead atoms. The van der Waals surface area contributed by atoms with E-state index < -0.39 is 10.0 Å². The van der Waals surface area contributed by atoms with E-state index in [-0.39, 0.29) is 10.9 Å². The van der Waals surface area contributed by atoms with Crippen LogP contribution in [0.25, 0.3) is 11.1 Å². The number of benzene rings is 4. The van der Waals surface area contributed by atoms with Crippen LogP contribution in [0, 0.1) is 0 Å². The summed E-state index contributed by atoms with van der Waals surface area (Å²) in [6, 6.07) is 30.4. The van der Waals surface area contributed by atoms with Crippen molar-refractivity contribution < 1.29 is 13.2 Å². The van der Waals surface area contributed by atoms with Gasteiger partial charge in [0.1, 0.15) is 10.8 Å². The molecular formula is C31H31N5O3S2. The van der Waals surface area contributed by atoms with E-state index in [4.69, 9.17) is 23.1 Å². The molecule has 4 aromatic carbocycles. The van der Waals surface area contributed by atoms with Gasteiger partial charge >= 0.3 is 6.03 Å². The molecule has 4 rings (SSSR count). The van der Waals surface area contributed by atoms with Crippen LogP contribution >= 0.6 is 12.2 Å². The van der Waals surface area contributed by atoms with Crippen molar-refractivity contribution in [1.82, 2.24) is 4.90 Å². The van der Waals surface area contributed by atoms with Crippen LogP contribution < -0.4 is 16.2 Å². The standard InChI is InChI=1S/C31H31N5O3S2/c1-2-29(40)35-30(32)25-12-8-11-23(19-25)21-36(20-22-9-4-3-5-10-22)31(37)34-26-17-15-24(16-18-26)27-13-6-7-14-28(27)41(33,38)39/h3-19H,2,20-21H2,1H3,(H,34,37)(H2,32,35,40)(H2,33,38,39). The highest BCUT2D eigenvalue weighted by Crippen LogP contribution is 2.27. The van der Waals surface area contributed by atoms with Gasteiger partial charge in [0.25, 0.3) is 0 Å². The molecule has 5 N–H and O–H groups in total. The number of urea groups is 1. The number of nitrogens with zero attached hydrogens (tertiary/aromatic N) is 2. The third-order valence-corrected chi connectivity index (χ3v) is 7.64. The highest BCUT2D eigenvalue weighted by atomic mass is 32.2. The van der Waals surface area contributed by atoms with E-state index in [1.54, 1.807) is 47.4 Å². The number of primary sulfonamides is 1. The smallest absolute Gasteiger partial charge is 0.322 e. The Balaban J connectivity index is 1.56. The summed E-state index contributed by atoms with van der Waals surface area (Å²) in [7, 11) is -3.90. The molecular weight excluding hydrogens is 555 g/mol. The van der Waals surface area contributed by atoms with Crippen molar-refractivity contribution in [3.63, 3.8) is 0 Å². The van der Waals surface area contributed by atoms with Gasteiger partial charge in [-0.15, -0.1) is 0 Å². The van der Waals surface area contributed by atoms with Crippen LogP contribution in [-0.4, -0.2) is 30.2 Å². The maximum absolute atomic E-state index is 13.5. The lowest BCUT2D eigenvalue weighted by Gasteiger charge is -2.24. The van der Waals surface area contributed by atoms with Gasteiger partial charge in [-0.05, 0) is 47.4 Å². The molecule has 0 fully saturated rings. The lowest BCUT2D eigenvalue weighted by Crippen LogP contribution is -2.34. The summed E-state index contributed by atoms with van der Waals surface area (Å²) >= 11 is 5.20. The molecule has 0 saturated heterocycles. The number of hydrogen-bond acceptors (Lipinski definition) is 4. The summed E-state index contributed by atoms with van der Waals surface area (Å²) in [5, 5.41) is 8.35. The van der Waals surface area contributed by atoms with E-state index in [1.165, 1.54) is 6.07 Å². The highest BCUT2D eigenvalue weighted by molar-refractivity contribution is 7.89. The topological polar surface area (TPSA) is 131 Å². The summed E-state index contributed by atoms with van der Waals surface area (Å²) in [5.74, 6) is 0.335. The SMILES string of the molecule is CCC(=S)N=C(N)c1cccc(CN(Cc2ccccc2)C(=O)Nc2ccc(-c3ccccc3S(N)(=O)=O)cc2)c1. The summed E-state index contributed by atoms with van der Waals surface area (Å²) in [4.78, 5) is 20.1. The molecule has 0 spiro atoms. The maximum atomic E-state index is 13.5. The Hall–Kier alpha value is -4.38. The second-order valence-corrected chi connectivity index (χ2v) is 11.3. The molecule has 0 radical (unpaired) electrons. The minimum Gasteiger partial charge on any atom is -0.383 e. The van der Waals surface area contributed by atoms with Crippen LogP contribution in [0.4, 0.5) is 10.5 Å². The van der Waals surface area contributed by atoms with Gasteiger partial charge in [-0.1, -0.05) is 98.0 Å². The fraction of sp³-hybridized carbons (Fsp3) is 0.129. The Morgan fingerprint density at radius 2 is 1.51 bits per heavy atom. The van der Waals surface area contributed by atoms with Crippen LogP contribution in [0.3, 0.4) is 0 Å². The van der Waals surface area contributed by atoms with Gasteiger partial charge in [0.15, 0.2) is 0 Å². The van der Waals surface area contributed by atoms with Gasteiger partial charge in [-0.3, -0.25) is 0 Å². The average molecular weight is 586 g/mol. The van der Waals surface area contributed by atoms with Gasteiger partial charge in [0, 0.05) is 29.9 Å². The second-order valence-electron chi connectivity index (χ2n) is 9.34. The normalized spacial score (nSPS) is 11.6. The summed E-state index contributed by atoms with van der Waals surface area (Å²) in [5.41, 5.74) is 10.5. The van der Waals surface area contributed by atoms with Crippen LogP contribution in [0.2, 0.25) is 0 Å². The lowest BCUT2D eigenvalue weighted by molar-refractivity contribution is 0.206. The van der Waals surface area contributed by atoms with Crippen molar-refractivity contribution in [1.29, 1.82) is 0 Å². The van der Waals surface area contributed by atoms with E-state index in [1.807, 2.05) is 61.5 Å². The maximum Gasteiger partial charge on any atom is 0.322 e. The Kier molecular flexibility index (Phi) is 9.61. The molecule has 0 atom stereocenters. The zero-order valence-corrected chi connectivity index (χ0v) is 24.2. The number of carbonyl (C=O) groups excluding carboxylic acids is 1. The number of nitrogens with one attached hydrogen (secondary N) is 1. The Labute approximate surface area is 245 Å². The largest absolute Gasteiger partial charge is 0.383 e. The first kappa shape index (κ1) is 29.6. The third-order valence-electron chi connectivity index (χ3n) is 6.29. The number of amides is 2. The number of aliphatic imine (C=N–C) groups is 1. The predicted octanol–water partition coefficient (Wildman–Crippen LogP) is 5.68. The van der Waals surface area contributed by atoms with Crippen molar-refractivity contribution in [2.45, 2.75) is 31.3 Å². The molecule has 4 aromatic rings. The van der Waals surface area contributed by atoms with E-state index in [2.05, 4.69) is 10.3 Å². The quantitative estimate of drug-likeness (QED) is 0.132. The Bertz CT molecular complexity index is 1670. The second kappa shape index (κ2) is 13.3. The highest BCUT2D eigenvalue weighted by Gasteiger charge is 2.17. The molecule has 0 unspecified atom stereocenters. The molecule has 2 amide bonds. The molecule has 0 aliphatic heterocycles. The van der Waals surface area contributed by atoms with E-state index in [0.717, 1.165) is 16.7 Å². The van der Waals surface area contributed by atoms with E-state index >= 15 is 0 Å². The first-order valence-electron chi connectivity index (χ1n) is 12.9. The zero-order valence-electron chi connectivity index (χ0n) is 22.5. The lowest BCUT2D eigenvalue weighted by atomic mass is 10.1. The fourth-order valence-corrected chi connectivity index (χ4v) is 5.08. The van der Waals surface area contributed by atoms with Gasteiger partial charge in [-0.2, -0.15) is 0 Å². The molecule has 10 heteroatoms. The van der Waals surface area contributed by atoms with Crippen LogP contribution in [-0.2, 0) is 23.1 Å². The van der Waals surface area contributed by atoms with Crippen molar-refractivity contribution in [3.8, 4) is 11.1 Å². The molecule has 210 valence electrons. The van der Waals surface area contributed by atoms with Crippen LogP contribution in [0.15, 0.2) is 113 Å². The predicted molar refractivity (Wildman–Crippen MR) is 168 cm³/mol. The van der Waals surface area contributed by atoms with Crippen LogP contribution in [0.5, 0.6) is 0 Å². The number of sulfonamides is 1. The Morgan fingerprint density at radius 1 is 0.878 bits per heavy atom. The number of nitrogens with two attached hydrogens (primary N) is 2. The van der Waals surface area contributed by atoms with E-state index in [0.29, 0.717) is 47.1 Å². The van der Waals surface area contributed by atoms with Gasteiger partial charge < -0.3 is 16.0 Å². The minimum absolute atomic E-state index is 0.0373. The Morgan fingerprint density at radius 3 is 2.20 bits per heavy atom. The number of anilines is 1. The monoisotopic (exact) mass is 585 g/mol. The first-order chi connectivity index (χ1) is 19.6. The van der Waals surface area contributed by atoms with Crippen molar-refractivity contribution in [2.24, 2.45) is 15.9 Å². The summed E-state index contributed by atoms with van der Waals surface area (Å²) in [6.45, 7) is 2.62. The van der Waals surface area contributed by atoms with Crippen molar-refractivity contribution in [2.75, 3.05) is 5.32 Å². The minimum atomic E-state index is -3.90. The summed E-state index contributed by atoms with van der Waals surface area (Å²) in [6.07, 6.45) is 0.625. The molecule has 0 heterocycles. The molecule has 41 heavy (non-hydrogen) atoms. The number of hydrogen-bond donors (Lipinski definition) is 3. The molecule has 0 aliphatic carbocycles. The molecule has 8 nitrogen and oxygen atoms in total. The number of thiocarbonyl (C=S) groups is 1. The molecule has 0 saturated carbocycles. The number of amidine groups is 1. The number of carbonyl (C=O) groups is 1.